The number of fused-ring (bicyclic) bond motifs is 3. The van der Waals surface area contributed by atoms with Crippen LogP contribution in [0.5, 0.6) is 11.5 Å². The minimum atomic E-state index is 0.0591. The minimum absolute atomic E-state index is 0.0591. The number of nitrogens with one attached hydrogen (secondary N) is 1. The van der Waals surface area contributed by atoms with Crippen molar-refractivity contribution in [3.8, 4) is 22.6 Å². The molecule has 1 heterocycles. The Morgan fingerprint density at radius 1 is 1.00 bits per heavy atom. The molecule has 0 radical (unpaired) electrons. The van der Waals surface area contributed by atoms with Crippen LogP contribution in [0.4, 0.5) is 0 Å². The molecule has 1 unspecified atom stereocenters. The van der Waals surface area contributed by atoms with Gasteiger partial charge in [0.25, 0.3) is 0 Å². The van der Waals surface area contributed by atoms with Gasteiger partial charge in [0.2, 0.25) is 0 Å². The predicted octanol–water partition coefficient (Wildman–Crippen LogP) is 4.60. The van der Waals surface area contributed by atoms with E-state index in [1.807, 2.05) is 36.4 Å². The third-order valence-corrected chi connectivity index (χ3v) is 5.43. The van der Waals surface area contributed by atoms with E-state index >= 15 is 0 Å². The van der Waals surface area contributed by atoms with Crippen LogP contribution in [0, 0.1) is 0 Å². The molecule has 4 heteroatoms. The smallest absolute Gasteiger partial charge is 0.194 e. The summed E-state index contributed by atoms with van der Waals surface area (Å²) in [5.41, 5.74) is 3.22. The van der Waals surface area contributed by atoms with Gasteiger partial charge in [0.05, 0.1) is 13.2 Å². The molecule has 1 aliphatic heterocycles. The van der Waals surface area contributed by atoms with Gasteiger partial charge in [-0.05, 0) is 44.4 Å². The number of ketones is 1. The molecule has 0 saturated carbocycles. The van der Waals surface area contributed by atoms with Gasteiger partial charge >= 0.3 is 0 Å². The van der Waals surface area contributed by atoms with E-state index in [1.54, 1.807) is 0 Å². The lowest BCUT2D eigenvalue weighted by molar-refractivity contribution is 0.104. The third-order valence-electron chi connectivity index (χ3n) is 5.43. The molecular formula is C23H27NO3. The monoisotopic (exact) mass is 365 g/mol. The predicted molar refractivity (Wildman–Crippen MR) is 107 cm³/mol. The Balaban J connectivity index is 1.61. The van der Waals surface area contributed by atoms with Gasteiger partial charge in [-0.15, -0.1) is 0 Å². The molecule has 2 aromatic carbocycles. The second-order valence-electron chi connectivity index (χ2n) is 7.32. The van der Waals surface area contributed by atoms with E-state index in [2.05, 4.69) is 12.2 Å². The van der Waals surface area contributed by atoms with E-state index in [9.17, 15) is 4.79 Å². The maximum atomic E-state index is 12.9. The number of carbonyl (C=O) groups is 1. The molecule has 2 aromatic rings. The molecule has 1 saturated heterocycles. The lowest BCUT2D eigenvalue weighted by Crippen LogP contribution is -2.23. The molecule has 0 amide bonds. The van der Waals surface area contributed by atoms with Gasteiger partial charge in [-0.25, -0.2) is 0 Å². The minimum Gasteiger partial charge on any atom is -0.493 e. The van der Waals surface area contributed by atoms with Crippen molar-refractivity contribution in [1.29, 1.82) is 0 Å². The van der Waals surface area contributed by atoms with E-state index in [1.165, 1.54) is 12.8 Å². The van der Waals surface area contributed by atoms with E-state index in [4.69, 9.17) is 9.47 Å². The summed E-state index contributed by atoms with van der Waals surface area (Å²) in [6, 6.07) is 12.0. The average Bonchev–Trinajstić information content (AvgIpc) is 3.30. The Hall–Kier alpha value is -2.33. The van der Waals surface area contributed by atoms with Gasteiger partial charge < -0.3 is 14.8 Å². The lowest BCUT2D eigenvalue weighted by atomic mass is 10.0. The second-order valence-corrected chi connectivity index (χ2v) is 7.32. The van der Waals surface area contributed by atoms with E-state index in [0.717, 1.165) is 48.4 Å². The largest absolute Gasteiger partial charge is 0.493 e. The third kappa shape index (κ3) is 3.59. The van der Waals surface area contributed by atoms with Crippen molar-refractivity contribution in [3.05, 3.63) is 47.5 Å². The van der Waals surface area contributed by atoms with E-state index < -0.39 is 0 Å². The van der Waals surface area contributed by atoms with E-state index in [-0.39, 0.29) is 5.78 Å². The van der Waals surface area contributed by atoms with Crippen LogP contribution in [-0.4, -0.2) is 31.6 Å². The number of hydrogen-bond acceptors (Lipinski definition) is 4. The zero-order valence-corrected chi connectivity index (χ0v) is 15.9. The summed E-state index contributed by atoms with van der Waals surface area (Å²) in [7, 11) is 0. The van der Waals surface area contributed by atoms with Gasteiger partial charge in [-0.2, -0.15) is 0 Å². The molecule has 0 aromatic heterocycles. The molecule has 142 valence electrons. The Labute approximate surface area is 160 Å². The van der Waals surface area contributed by atoms with Crippen LogP contribution in [-0.2, 0) is 0 Å². The van der Waals surface area contributed by atoms with Crippen LogP contribution < -0.4 is 14.8 Å². The van der Waals surface area contributed by atoms with Crippen molar-refractivity contribution >= 4 is 5.78 Å². The maximum absolute atomic E-state index is 12.9. The van der Waals surface area contributed by atoms with Crippen LogP contribution in [0.2, 0.25) is 0 Å². The number of ether oxygens (including phenoxy) is 2. The Bertz CT molecular complexity index is 824. The van der Waals surface area contributed by atoms with Crippen molar-refractivity contribution in [2.45, 2.75) is 45.1 Å². The van der Waals surface area contributed by atoms with E-state index in [0.29, 0.717) is 30.4 Å². The molecule has 0 spiro atoms. The van der Waals surface area contributed by atoms with Crippen LogP contribution in [0.15, 0.2) is 36.4 Å². The summed E-state index contributed by atoms with van der Waals surface area (Å²) in [4.78, 5) is 12.9. The summed E-state index contributed by atoms with van der Waals surface area (Å²) in [6.45, 7) is 4.55. The highest BCUT2D eigenvalue weighted by Gasteiger charge is 2.32. The molecule has 1 fully saturated rings. The molecule has 4 nitrogen and oxygen atoms in total. The SMILES string of the molecule is CCCCOc1cccc2c1-c1c(OCCC3CCCN3)cccc1C2=O. The first kappa shape index (κ1) is 18.1. The highest BCUT2D eigenvalue weighted by Crippen LogP contribution is 2.47. The Morgan fingerprint density at radius 2 is 1.67 bits per heavy atom. The van der Waals surface area contributed by atoms with Gasteiger partial charge in [-0.1, -0.05) is 37.6 Å². The Morgan fingerprint density at radius 3 is 2.26 bits per heavy atom. The molecule has 27 heavy (non-hydrogen) atoms. The lowest BCUT2D eigenvalue weighted by Gasteiger charge is -2.16. The molecule has 1 aliphatic carbocycles. The van der Waals surface area contributed by atoms with Crippen molar-refractivity contribution in [2.24, 2.45) is 0 Å². The fraction of sp³-hybridized carbons (Fsp3) is 0.435. The maximum Gasteiger partial charge on any atom is 0.194 e. The van der Waals surface area contributed by atoms with Gasteiger partial charge in [0.1, 0.15) is 11.5 Å². The van der Waals surface area contributed by atoms with Gasteiger partial charge in [0, 0.05) is 28.3 Å². The first-order valence-corrected chi connectivity index (χ1v) is 10.1. The van der Waals surface area contributed by atoms with Gasteiger partial charge in [-0.3, -0.25) is 4.79 Å². The van der Waals surface area contributed by atoms with Crippen molar-refractivity contribution in [1.82, 2.24) is 5.32 Å². The normalized spacial score (nSPS) is 17.7. The number of benzene rings is 2. The number of hydrogen-bond donors (Lipinski definition) is 1. The first-order valence-electron chi connectivity index (χ1n) is 10.1. The van der Waals surface area contributed by atoms with Crippen molar-refractivity contribution in [2.75, 3.05) is 19.8 Å². The topological polar surface area (TPSA) is 47.6 Å². The summed E-state index contributed by atoms with van der Waals surface area (Å²) < 4.78 is 12.2. The standard InChI is InChI=1S/C23H27NO3/c1-2-3-14-26-19-10-4-8-17-21(19)22-18(23(17)25)9-5-11-20(22)27-15-12-16-7-6-13-24-16/h4-5,8-11,16,24H,2-3,6-7,12-15H2,1H3. The average molecular weight is 365 g/mol. The van der Waals surface area contributed by atoms with Crippen LogP contribution in [0.3, 0.4) is 0 Å². The highest BCUT2D eigenvalue weighted by atomic mass is 16.5. The van der Waals surface area contributed by atoms with Crippen LogP contribution in [0.25, 0.3) is 11.1 Å². The number of unbranched alkanes of at least 4 members (excludes halogenated alkanes) is 1. The quantitative estimate of drug-likeness (QED) is 0.593. The van der Waals surface area contributed by atoms with Crippen molar-refractivity contribution in [3.63, 3.8) is 0 Å². The molecule has 2 aliphatic rings. The summed E-state index contributed by atoms with van der Waals surface area (Å²) in [5.74, 6) is 1.62. The zero-order valence-electron chi connectivity index (χ0n) is 15.9. The van der Waals surface area contributed by atoms with Crippen molar-refractivity contribution < 1.29 is 14.3 Å². The fourth-order valence-electron chi connectivity index (χ4n) is 3.98. The summed E-state index contributed by atoms with van der Waals surface area (Å²) >= 11 is 0. The number of rotatable bonds is 8. The van der Waals surface area contributed by atoms with Gasteiger partial charge in [0.15, 0.2) is 5.78 Å². The molecule has 1 N–H and O–H groups in total. The summed E-state index contributed by atoms with van der Waals surface area (Å²) in [6.07, 6.45) is 5.52. The molecule has 0 bridgehead atoms. The number of carbonyl (C=O) groups excluding carboxylic acids is 1. The molecule has 1 atom stereocenters. The van der Waals surface area contributed by atoms with Crippen LogP contribution in [0.1, 0.15) is 54.9 Å². The highest BCUT2D eigenvalue weighted by molar-refractivity contribution is 6.23. The molecule has 4 rings (SSSR count). The molecular weight excluding hydrogens is 338 g/mol. The fourth-order valence-corrected chi connectivity index (χ4v) is 3.98. The second kappa shape index (κ2) is 8.13. The first-order chi connectivity index (χ1) is 13.3. The van der Waals surface area contributed by atoms with Crippen LogP contribution >= 0.6 is 0 Å². The Kier molecular flexibility index (Phi) is 5.44. The zero-order chi connectivity index (χ0) is 18.6. The summed E-state index contributed by atoms with van der Waals surface area (Å²) in [5, 5.41) is 3.50.